The van der Waals surface area contributed by atoms with E-state index in [1.165, 1.54) is 11.8 Å². The van der Waals surface area contributed by atoms with Crippen molar-refractivity contribution in [3.05, 3.63) is 69.5 Å². The predicted octanol–water partition coefficient (Wildman–Crippen LogP) is 4.90. The highest BCUT2D eigenvalue weighted by Gasteiger charge is 2.14. The molecule has 9 heteroatoms. The first-order chi connectivity index (χ1) is 14.5. The zero-order valence-corrected chi connectivity index (χ0v) is 19.0. The van der Waals surface area contributed by atoms with Crippen molar-refractivity contribution in [2.45, 2.75) is 38.7 Å². The predicted molar refractivity (Wildman–Crippen MR) is 120 cm³/mol. The lowest BCUT2D eigenvalue weighted by Crippen LogP contribution is -2.24. The Morgan fingerprint density at radius 3 is 2.57 bits per heavy atom. The zero-order valence-electron chi connectivity index (χ0n) is 16.7. The van der Waals surface area contributed by atoms with Crippen molar-refractivity contribution >= 4 is 40.9 Å². The number of hydrogen-bond donors (Lipinski definition) is 1. The molecule has 2 aromatic carbocycles. The van der Waals surface area contributed by atoms with Gasteiger partial charge in [0.2, 0.25) is 5.91 Å². The third kappa shape index (κ3) is 6.14. The maximum absolute atomic E-state index is 12.2. The van der Waals surface area contributed by atoms with Crippen molar-refractivity contribution in [1.29, 1.82) is 0 Å². The molecule has 0 atom stereocenters. The molecule has 0 unspecified atom stereocenters. The van der Waals surface area contributed by atoms with Gasteiger partial charge >= 0.3 is 0 Å². The van der Waals surface area contributed by atoms with Crippen LogP contribution in [0.15, 0.2) is 47.6 Å². The molecular formula is C21H22Cl2N4O2S. The van der Waals surface area contributed by atoms with Crippen LogP contribution in [0.25, 0.3) is 0 Å². The molecule has 3 rings (SSSR count). The number of hydrogen-bond acceptors (Lipinski definition) is 5. The SMILES string of the molecule is CCn1c(COc2ccc(Cl)cc2C)nnc1SCC(=O)NCc1ccc(Cl)cc1. The molecule has 6 nitrogen and oxygen atoms in total. The van der Waals surface area contributed by atoms with Gasteiger partial charge in [-0.2, -0.15) is 0 Å². The van der Waals surface area contributed by atoms with Crippen molar-refractivity contribution in [3.63, 3.8) is 0 Å². The smallest absolute Gasteiger partial charge is 0.230 e. The maximum Gasteiger partial charge on any atom is 0.230 e. The van der Waals surface area contributed by atoms with E-state index in [1.807, 2.05) is 42.7 Å². The van der Waals surface area contributed by atoms with Gasteiger partial charge < -0.3 is 14.6 Å². The molecular weight excluding hydrogens is 443 g/mol. The number of nitrogens with one attached hydrogen (secondary N) is 1. The van der Waals surface area contributed by atoms with Gasteiger partial charge in [0.15, 0.2) is 11.0 Å². The van der Waals surface area contributed by atoms with E-state index in [-0.39, 0.29) is 18.3 Å². The molecule has 0 bridgehead atoms. The van der Waals surface area contributed by atoms with Crippen LogP contribution in [0.4, 0.5) is 0 Å². The van der Waals surface area contributed by atoms with Crippen molar-refractivity contribution in [1.82, 2.24) is 20.1 Å². The van der Waals surface area contributed by atoms with Crippen LogP contribution in [0.5, 0.6) is 5.75 Å². The quantitative estimate of drug-likeness (QED) is 0.456. The van der Waals surface area contributed by atoms with Crippen LogP contribution in [0.2, 0.25) is 10.0 Å². The van der Waals surface area contributed by atoms with E-state index in [0.717, 1.165) is 16.9 Å². The molecule has 0 aliphatic heterocycles. The van der Waals surface area contributed by atoms with Crippen LogP contribution in [0.3, 0.4) is 0 Å². The monoisotopic (exact) mass is 464 g/mol. The largest absolute Gasteiger partial charge is 0.485 e. The summed E-state index contributed by atoms with van der Waals surface area (Å²) < 4.78 is 7.82. The third-order valence-electron chi connectivity index (χ3n) is 4.34. The molecule has 0 aliphatic rings. The standard InChI is InChI=1S/C21H22Cl2N4O2S/c1-3-27-19(12-29-18-9-8-17(23)10-14(18)2)25-26-21(27)30-13-20(28)24-11-15-4-6-16(22)7-5-15/h4-10H,3,11-13H2,1-2H3,(H,24,28). The number of rotatable bonds is 9. The number of nitrogens with zero attached hydrogens (tertiary/aromatic N) is 3. The summed E-state index contributed by atoms with van der Waals surface area (Å²) in [5.41, 5.74) is 1.95. The Hall–Kier alpha value is -2.22. The molecule has 1 heterocycles. The first-order valence-corrected chi connectivity index (χ1v) is 11.2. The Morgan fingerprint density at radius 1 is 1.13 bits per heavy atom. The van der Waals surface area contributed by atoms with Crippen LogP contribution < -0.4 is 10.1 Å². The number of aryl methyl sites for hydroxylation is 1. The third-order valence-corrected chi connectivity index (χ3v) is 5.79. The second-order valence-electron chi connectivity index (χ2n) is 6.53. The molecule has 0 spiro atoms. The van der Waals surface area contributed by atoms with E-state index in [0.29, 0.717) is 34.1 Å². The minimum atomic E-state index is -0.0739. The van der Waals surface area contributed by atoms with Crippen LogP contribution in [-0.4, -0.2) is 26.4 Å². The number of benzene rings is 2. The molecule has 0 aliphatic carbocycles. The molecule has 30 heavy (non-hydrogen) atoms. The number of thioether (sulfide) groups is 1. The second-order valence-corrected chi connectivity index (χ2v) is 8.35. The molecule has 1 N–H and O–H groups in total. The van der Waals surface area contributed by atoms with Crippen LogP contribution in [0.1, 0.15) is 23.9 Å². The van der Waals surface area contributed by atoms with Gasteiger partial charge in [-0.15, -0.1) is 10.2 Å². The van der Waals surface area contributed by atoms with Crippen molar-refractivity contribution < 1.29 is 9.53 Å². The van der Waals surface area contributed by atoms with Crippen molar-refractivity contribution in [2.24, 2.45) is 0 Å². The van der Waals surface area contributed by atoms with Crippen molar-refractivity contribution in [2.75, 3.05) is 5.75 Å². The lowest BCUT2D eigenvalue weighted by Gasteiger charge is -2.11. The molecule has 158 valence electrons. The Morgan fingerprint density at radius 2 is 1.87 bits per heavy atom. The van der Waals surface area contributed by atoms with Crippen molar-refractivity contribution in [3.8, 4) is 5.75 Å². The van der Waals surface area contributed by atoms with Gasteiger partial charge in [0, 0.05) is 23.1 Å². The summed E-state index contributed by atoms with van der Waals surface area (Å²) in [6.07, 6.45) is 0. The molecule has 0 saturated carbocycles. The van der Waals surface area contributed by atoms with Gasteiger partial charge in [-0.1, -0.05) is 47.1 Å². The van der Waals surface area contributed by atoms with E-state index in [4.69, 9.17) is 27.9 Å². The number of ether oxygens (including phenoxy) is 1. The average Bonchev–Trinajstić information content (AvgIpc) is 3.13. The average molecular weight is 465 g/mol. The normalized spacial score (nSPS) is 10.8. The van der Waals surface area contributed by atoms with Gasteiger partial charge in [-0.05, 0) is 55.3 Å². The topological polar surface area (TPSA) is 69.0 Å². The minimum absolute atomic E-state index is 0.0739. The molecule has 1 aromatic heterocycles. The summed E-state index contributed by atoms with van der Waals surface area (Å²) >= 11 is 13.2. The molecule has 0 fully saturated rings. The molecule has 0 radical (unpaired) electrons. The number of carbonyl (C=O) groups excluding carboxylic acids is 1. The number of carbonyl (C=O) groups is 1. The highest BCUT2D eigenvalue weighted by Crippen LogP contribution is 2.23. The highest BCUT2D eigenvalue weighted by atomic mass is 35.5. The van der Waals surface area contributed by atoms with E-state index < -0.39 is 0 Å². The Labute approximate surface area is 189 Å². The van der Waals surface area contributed by atoms with E-state index in [9.17, 15) is 4.79 Å². The highest BCUT2D eigenvalue weighted by molar-refractivity contribution is 7.99. The summed E-state index contributed by atoms with van der Waals surface area (Å²) in [5.74, 6) is 1.63. The van der Waals surface area contributed by atoms with Crippen LogP contribution in [0, 0.1) is 6.92 Å². The van der Waals surface area contributed by atoms with E-state index in [2.05, 4.69) is 15.5 Å². The van der Waals surface area contributed by atoms with Crippen LogP contribution in [-0.2, 0) is 24.5 Å². The van der Waals surface area contributed by atoms with Gasteiger partial charge in [0.05, 0.1) is 5.75 Å². The minimum Gasteiger partial charge on any atom is -0.485 e. The fourth-order valence-corrected chi connectivity index (χ4v) is 3.96. The first-order valence-electron chi connectivity index (χ1n) is 9.41. The Bertz CT molecular complexity index is 1010. The summed E-state index contributed by atoms with van der Waals surface area (Å²) in [6.45, 7) is 5.37. The summed E-state index contributed by atoms with van der Waals surface area (Å²) in [4.78, 5) is 12.2. The van der Waals surface area contributed by atoms with E-state index in [1.54, 1.807) is 18.2 Å². The van der Waals surface area contributed by atoms with Gasteiger partial charge in [-0.25, -0.2) is 0 Å². The fraction of sp³-hybridized carbons (Fsp3) is 0.286. The number of aromatic nitrogens is 3. The van der Waals surface area contributed by atoms with E-state index >= 15 is 0 Å². The van der Waals surface area contributed by atoms with Gasteiger partial charge in [0.1, 0.15) is 12.4 Å². The molecule has 3 aromatic rings. The number of amides is 1. The van der Waals surface area contributed by atoms with Gasteiger partial charge in [-0.3, -0.25) is 4.79 Å². The Balaban J connectivity index is 1.53. The summed E-state index contributed by atoms with van der Waals surface area (Å²) in [5, 5.41) is 13.4. The maximum atomic E-state index is 12.2. The fourth-order valence-electron chi connectivity index (χ4n) is 2.75. The van der Waals surface area contributed by atoms with Crippen LogP contribution >= 0.6 is 35.0 Å². The lowest BCUT2D eigenvalue weighted by molar-refractivity contribution is -0.118. The molecule has 0 saturated heterocycles. The summed E-state index contributed by atoms with van der Waals surface area (Å²) in [7, 11) is 0. The first kappa shape index (κ1) is 22.5. The number of halogens is 2. The molecule has 1 amide bonds. The van der Waals surface area contributed by atoms with Gasteiger partial charge in [0.25, 0.3) is 0 Å². The Kier molecular flexibility index (Phi) is 8.01. The summed E-state index contributed by atoms with van der Waals surface area (Å²) in [6, 6.07) is 12.9. The lowest BCUT2D eigenvalue weighted by atomic mass is 10.2. The zero-order chi connectivity index (χ0) is 21.5. The second kappa shape index (κ2) is 10.7.